The minimum Gasteiger partial charge on any atom is -0.390 e. The Labute approximate surface area is 53.0 Å². The van der Waals surface area contributed by atoms with E-state index in [1.54, 1.807) is 0 Å². The van der Waals surface area contributed by atoms with Gasteiger partial charge in [-0.05, 0) is 0 Å². The van der Waals surface area contributed by atoms with Crippen molar-refractivity contribution in [3.8, 4) is 0 Å². The highest BCUT2D eigenvalue weighted by molar-refractivity contribution is 5.77. The van der Waals surface area contributed by atoms with Crippen LogP contribution in [-0.4, -0.2) is 29.7 Å². The number of carbonyl (C=O) groups excluding carboxylic acids is 1. The summed E-state index contributed by atoms with van der Waals surface area (Å²) < 4.78 is 0. The van der Waals surface area contributed by atoms with Crippen molar-refractivity contribution in [3.63, 3.8) is 0 Å². The fourth-order valence-corrected chi connectivity index (χ4v) is 0.792. The van der Waals surface area contributed by atoms with E-state index in [0.717, 1.165) is 0 Å². The van der Waals surface area contributed by atoms with Crippen LogP contribution in [0.15, 0.2) is 0 Å². The Morgan fingerprint density at radius 3 is 2.89 bits per heavy atom. The van der Waals surface area contributed by atoms with Crippen LogP contribution >= 0.6 is 0 Å². The second kappa shape index (κ2) is 2.33. The van der Waals surface area contributed by atoms with Crippen molar-refractivity contribution in [3.05, 3.63) is 0 Å². The summed E-state index contributed by atoms with van der Waals surface area (Å²) in [5.74, 6) is -0.0761. The molecule has 1 aliphatic rings. The third kappa shape index (κ3) is 1.40. The maximum atomic E-state index is 10.5. The first-order chi connectivity index (χ1) is 4.20. The van der Waals surface area contributed by atoms with E-state index in [1.165, 1.54) is 0 Å². The van der Waals surface area contributed by atoms with Gasteiger partial charge in [-0.15, -0.1) is 0 Å². The van der Waals surface area contributed by atoms with Crippen molar-refractivity contribution in [2.24, 2.45) is 5.73 Å². The molecule has 0 aromatic rings. The molecule has 4 heteroatoms. The highest BCUT2D eigenvalue weighted by atomic mass is 16.3. The van der Waals surface area contributed by atoms with Gasteiger partial charge in [0, 0.05) is 19.0 Å². The van der Waals surface area contributed by atoms with Gasteiger partial charge in [-0.1, -0.05) is 0 Å². The molecule has 0 radical (unpaired) electrons. The molecule has 0 spiro atoms. The summed E-state index contributed by atoms with van der Waals surface area (Å²) in [5, 5.41) is 11.4. The Bertz CT molecular complexity index is 126. The van der Waals surface area contributed by atoms with Gasteiger partial charge in [-0.25, -0.2) is 0 Å². The molecule has 1 aliphatic heterocycles. The first-order valence-corrected chi connectivity index (χ1v) is 2.90. The van der Waals surface area contributed by atoms with E-state index in [1.807, 2.05) is 0 Å². The predicted molar refractivity (Wildman–Crippen MR) is 31.6 cm³/mol. The molecule has 0 saturated carbocycles. The Morgan fingerprint density at radius 1 is 1.78 bits per heavy atom. The second-order valence-corrected chi connectivity index (χ2v) is 2.24. The van der Waals surface area contributed by atoms with Gasteiger partial charge < -0.3 is 16.2 Å². The first-order valence-electron chi connectivity index (χ1n) is 2.90. The topological polar surface area (TPSA) is 75.4 Å². The average molecular weight is 130 g/mol. The lowest BCUT2D eigenvalue weighted by Gasteiger charge is -2.23. The molecule has 4 nitrogen and oxygen atoms in total. The van der Waals surface area contributed by atoms with Gasteiger partial charge in [-0.2, -0.15) is 0 Å². The molecule has 2 atom stereocenters. The van der Waals surface area contributed by atoms with Crippen molar-refractivity contribution < 1.29 is 9.90 Å². The van der Waals surface area contributed by atoms with Gasteiger partial charge in [0.25, 0.3) is 0 Å². The number of β-amino-alcohol motifs (C(OH)–C–C–N with tert-alkyl or cyclic N) is 1. The number of hydrogen-bond donors (Lipinski definition) is 3. The summed E-state index contributed by atoms with van der Waals surface area (Å²) in [7, 11) is 0. The molecule has 0 aromatic heterocycles. The maximum Gasteiger partial charge on any atom is 0.221 e. The van der Waals surface area contributed by atoms with E-state index in [-0.39, 0.29) is 18.4 Å². The van der Waals surface area contributed by atoms with Crippen molar-refractivity contribution in [2.45, 2.75) is 18.6 Å². The lowest BCUT2D eigenvalue weighted by molar-refractivity contribution is -0.124. The number of hydrogen-bond acceptors (Lipinski definition) is 3. The standard InChI is InChI=1S/C5H10N2O2/c6-3-1-5(9)7-2-4(3)8/h3-4,8H,1-2,6H2,(H,7,9)/t3-,4+/m0/s1. The van der Waals surface area contributed by atoms with Crippen LogP contribution in [0, 0.1) is 0 Å². The quantitative estimate of drug-likeness (QED) is 0.362. The Kier molecular flexibility index (Phi) is 1.68. The maximum absolute atomic E-state index is 10.5. The van der Waals surface area contributed by atoms with Gasteiger partial charge in [0.2, 0.25) is 5.91 Å². The SMILES string of the molecule is N[C@H]1CC(=O)NC[C@H]1O. The molecule has 0 unspecified atom stereocenters. The number of nitrogens with two attached hydrogens (primary N) is 1. The average Bonchev–Trinajstić information content (AvgIpc) is 1.80. The Balaban J connectivity index is 2.44. The predicted octanol–water partition coefficient (Wildman–Crippen LogP) is -1.81. The molecular formula is C5H10N2O2. The fraction of sp³-hybridized carbons (Fsp3) is 0.800. The van der Waals surface area contributed by atoms with Crippen molar-refractivity contribution in [1.82, 2.24) is 5.32 Å². The molecule has 1 fully saturated rings. The third-order valence-corrected chi connectivity index (χ3v) is 1.42. The number of carbonyl (C=O) groups is 1. The van der Waals surface area contributed by atoms with Gasteiger partial charge in [0.15, 0.2) is 0 Å². The van der Waals surface area contributed by atoms with E-state index >= 15 is 0 Å². The molecule has 1 heterocycles. The molecule has 0 aromatic carbocycles. The number of aliphatic hydroxyl groups excluding tert-OH is 1. The largest absolute Gasteiger partial charge is 0.390 e. The molecule has 1 rings (SSSR count). The molecule has 0 bridgehead atoms. The summed E-state index contributed by atoms with van der Waals surface area (Å²) >= 11 is 0. The summed E-state index contributed by atoms with van der Waals surface area (Å²) in [5.41, 5.74) is 5.36. The molecule has 9 heavy (non-hydrogen) atoms. The number of aliphatic hydroxyl groups is 1. The van der Waals surface area contributed by atoms with Gasteiger partial charge in [-0.3, -0.25) is 4.79 Å². The van der Waals surface area contributed by atoms with Crippen LogP contribution in [0.4, 0.5) is 0 Å². The number of rotatable bonds is 0. The normalized spacial score (nSPS) is 36.0. The summed E-state index contributed by atoms with van der Waals surface area (Å²) in [4.78, 5) is 10.5. The zero-order chi connectivity index (χ0) is 6.85. The van der Waals surface area contributed by atoms with E-state index in [0.29, 0.717) is 6.54 Å². The zero-order valence-electron chi connectivity index (χ0n) is 5.00. The van der Waals surface area contributed by atoms with Crippen LogP contribution in [0.25, 0.3) is 0 Å². The smallest absolute Gasteiger partial charge is 0.221 e. The first kappa shape index (κ1) is 6.51. The van der Waals surface area contributed by atoms with Crippen LogP contribution in [0.3, 0.4) is 0 Å². The number of amides is 1. The van der Waals surface area contributed by atoms with Crippen LogP contribution in [0.2, 0.25) is 0 Å². The van der Waals surface area contributed by atoms with Crippen molar-refractivity contribution in [1.29, 1.82) is 0 Å². The Morgan fingerprint density at radius 2 is 2.44 bits per heavy atom. The molecule has 1 saturated heterocycles. The number of nitrogens with one attached hydrogen (secondary N) is 1. The highest BCUT2D eigenvalue weighted by Gasteiger charge is 2.23. The van der Waals surface area contributed by atoms with Gasteiger partial charge in [0.05, 0.1) is 6.10 Å². The second-order valence-electron chi connectivity index (χ2n) is 2.24. The highest BCUT2D eigenvalue weighted by Crippen LogP contribution is 2.00. The molecule has 1 amide bonds. The zero-order valence-corrected chi connectivity index (χ0v) is 5.00. The van der Waals surface area contributed by atoms with E-state index in [4.69, 9.17) is 10.8 Å². The molecule has 4 N–H and O–H groups in total. The lowest BCUT2D eigenvalue weighted by Crippen LogP contribution is -2.51. The third-order valence-electron chi connectivity index (χ3n) is 1.42. The minimum absolute atomic E-state index is 0.0761. The molecule has 52 valence electrons. The summed E-state index contributed by atoms with van der Waals surface area (Å²) in [6, 6.07) is -0.376. The van der Waals surface area contributed by atoms with Crippen LogP contribution in [0.1, 0.15) is 6.42 Å². The fourth-order valence-electron chi connectivity index (χ4n) is 0.792. The van der Waals surface area contributed by atoms with Crippen molar-refractivity contribution >= 4 is 5.91 Å². The number of piperidine rings is 1. The monoisotopic (exact) mass is 130 g/mol. The van der Waals surface area contributed by atoms with Crippen LogP contribution in [-0.2, 0) is 4.79 Å². The van der Waals surface area contributed by atoms with E-state index < -0.39 is 6.10 Å². The van der Waals surface area contributed by atoms with E-state index in [2.05, 4.69) is 5.32 Å². The van der Waals surface area contributed by atoms with Crippen LogP contribution < -0.4 is 11.1 Å². The van der Waals surface area contributed by atoms with Crippen molar-refractivity contribution in [2.75, 3.05) is 6.54 Å². The van der Waals surface area contributed by atoms with Crippen LogP contribution in [0.5, 0.6) is 0 Å². The lowest BCUT2D eigenvalue weighted by atomic mass is 10.0. The van der Waals surface area contributed by atoms with E-state index in [9.17, 15) is 4.79 Å². The summed E-state index contributed by atoms with van der Waals surface area (Å²) in [6.45, 7) is 0.292. The minimum atomic E-state index is -0.567. The Hall–Kier alpha value is -0.610. The molecule has 0 aliphatic carbocycles. The van der Waals surface area contributed by atoms with Gasteiger partial charge >= 0.3 is 0 Å². The van der Waals surface area contributed by atoms with Gasteiger partial charge in [0.1, 0.15) is 0 Å². The summed E-state index contributed by atoms with van der Waals surface area (Å²) in [6.07, 6.45) is -0.330. The molecular weight excluding hydrogens is 120 g/mol.